The smallest absolute Gasteiger partial charge is 0.135 e. The molecular formula is C19H17NO2. The van der Waals surface area contributed by atoms with Crippen molar-refractivity contribution in [2.24, 2.45) is 0 Å². The molecule has 2 aromatic carbocycles. The van der Waals surface area contributed by atoms with Crippen molar-refractivity contribution >= 4 is 17.0 Å². The summed E-state index contributed by atoms with van der Waals surface area (Å²) in [6.07, 6.45) is 4.11. The number of para-hydroxylation sites is 1. The highest BCUT2D eigenvalue weighted by atomic mass is 16.5. The van der Waals surface area contributed by atoms with Gasteiger partial charge in [0.05, 0.1) is 13.2 Å². The van der Waals surface area contributed by atoms with E-state index in [2.05, 4.69) is 42.4 Å². The first kappa shape index (κ1) is 13.0. The fraction of sp³-hybridized carbons (Fsp3) is 0.158. The van der Waals surface area contributed by atoms with Gasteiger partial charge in [0.15, 0.2) is 0 Å². The predicted molar refractivity (Wildman–Crippen MR) is 87.8 cm³/mol. The lowest BCUT2D eigenvalue weighted by Gasteiger charge is -2.30. The summed E-state index contributed by atoms with van der Waals surface area (Å²) in [5.41, 5.74) is 3.39. The molecular weight excluding hydrogens is 274 g/mol. The van der Waals surface area contributed by atoms with Gasteiger partial charge in [-0.2, -0.15) is 0 Å². The van der Waals surface area contributed by atoms with Gasteiger partial charge >= 0.3 is 0 Å². The summed E-state index contributed by atoms with van der Waals surface area (Å²) in [4.78, 5) is 2.21. The van der Waals surface area contributed by atoms with Crippen LogP contribution in [0, 0.1) is 0 Å². The largest absolute Gasteiger partial charge is 0.497 e. The number of hydrogen-bond donors (Lipinski definition) is 0. The molecule has 1 aliphatic rings. The zero-order valence-electron chi connectivity index (χ0n) is 12.6. The van der Waals surface area contributed by atoms with Gasteiger partial charge in [-0.1, -0.05) is 30.3 Å². The quantitative estimate of drug-likeness (QED) is 0.697. The van der Waals surface area contributed by atoms with Crippen LogP contribution in [-0.2, 0) is 0 Å². The molecule has 0 amide bonds. The van der Waals surface area contributed by atoms with E-state index in [4.69, 9.17) is 9.15 Å². The first-order valence-corrected chi connectivity index (χ1v) is 7.33. The Labute approximate surface area is 129 Å². The average Bonchev–Trinajstić information content (AvgIpc) is 2.94. The third-order valence-electron chi connectivity index (χ3n) is 4.24. The molecule has 0 bridgehead atoms. The first-order valence-electron chi connectivity index (χ1n) is 7.33. The summed E-state index contributed by atoms with van der Waals surface area (Å²) < 4.78 is 11.3. The van der Waals surface area contributed by atoms with Crippen molar-refractivity contribution in [3.05, 3.63) is 71.6 Å². The van der Waals surface area contributed by atoms with Crippen molar-refractivity contribution in [3.63, 3.8) is 0 Å². The lowest BCUT2D eigenvalue weighted by atomic mass is 9.93. The SMILES string of the molecule is COc1ccc(C2c3c(oc4ccccc34)C=CN2C)cc1. The highest BCUT2D eigenvalue weighted by Gasteiger charge is 2.28. The topological polar surface area (TPSA) is 25.6 Å². The van der Waals surface area contributed by atoms with Crippen molar-refractivity contribution in [1.82, 2.24) is 4.90 Å². The van der Waals surface area contributed by atoms with Gasteiger partial charge < -0.3 is 14.1 Å². The highest BCUT2D eigenvalue weighted by Crippen LogP contribution is 2.41. The zero-order valence-corrected chi connectivity index (χ0v) is 12.6. The number of benzene rings is 2. The van der Waals surface area contributed by atoms with Crippen molar-refractivity contribution in [2.75, 3.05) is 14.2 Å². The maximum absolute atomic E-state index is 6.00. The average molecular weight is 291 g/mol. The van der Waals surface area contributed by atoms with E-state index in [0.29, 0.717) is 0 Å². The monoisotopic (exact) mass is 291 g/mol. The Hall–Kier alpha value is -2.68. The van der Waals surface area contributed by atoms with Crippen LogP contribution in [0.4, 0.5) is 0 Å². The summed E-state index contributed by atoms with van der Waals surface area (Å²) in [6.45, 7) is 0. The molecule has 3 aromatic rings. The van der Waals surface area contributed by atoms with E-state index in [1.807, 2.05) is 30.3 Å². The molecule has 3 nitrogen and oxygen atoms in total. The fourth-order valence-electron chi connectivity index (χ4n) is 3.15. The molecule has 1 aromatic heterocycles. The Balaban J connectivity index is 1.90. The van der Waals surface area contributed by atoms with Gasteiger partial charge in [-0.15, -0.1) is 0 Å². The van der Waals surface area contributed by atoms with Crippen molar-refractivity contribution in [1.29, 1.82) is 0 Å². The number of furan rings is 1. The van der Waals surface area contributed by atoms with Gasteiger partial charge in [-0.3, -0.25) is 0 Å². The maximum Gasteiger partial charge on any atom is 0.135 e. The van der Waals surface area contributed by atoms with Gasteiger partial charge in [-0.05, 0) is 29.8 Å². The molecule has 2 heterocycles. The second-order valence-electron chi connectivity index (χ2n) is 5.53. The van der Waals surface area contributed by atoms with Gasteiger partial charge in [0.25, 0.3) is 0 Å². The fourth-order valence-corrected chi connectivity index (χ4v) is 3.15. The van der Waals surface area contributed by atoms with E-state index in [0.717, 1.165) is 17.1 Å². The molecule has 3 heteroatoms. The minimum Gasteiger partial charge on any atom is -0.497 e. The Morgan fingerprint density at radius 3 is 2.59 bits per heavy atom. The van der Waals surface area contributed by atoms with Gasteiger partial charge in [0.2, 0.25) is 0 Å². The number of ether oxygens (including phenoxy) is 1. The van der Waals surface area contributed by atoms with E-state index < -0.39 is 0 Å². The number of rotatable bonds is 2. The van der Waals surface area contributed by atoms with E-state index in [1.165, 1.54) is 16.5 Å². The highest BCUT2D eigenvalue weighted by molar-refractivity contribution is 5.86. The number of methoxy groups -OCH3 is 1. The molecule has 22 heavy (non-hydrogen) atoms. The van der Waals surface area contributed by atoms with Crippen LogP contribution in [0.25, 0.3) is 17.0 Å². The molecule has 1 unspecified atom stereocenters. The standard InChI is InChI=1S/C19H17NO2/c1-20-12-11-17-18(15-5-3-4-6-16(15)22-17)19(20)13-7-9-14(21-2)10-8-13/h3-12,19H,1-2H3. The zero-order chi connectivity index (χ0) is 15.1. The van der Waals surface area contributed by atoms with Crippen molar-refractivity contribution < 1.29 is 9.15 Å². The van der Waals surface area contributed by atoms with Gasteiger partial charge in [-0.25, -0.2) is 0 Å². The predicted octanol–water partition coefficient (Wildman–Crippen LogP) is 4.45. The molecule has 110 valence electrons. The number of fused-ring (bicyclic) bond motifs is 3. The maximum atomic E-state index is 6.00. The lowest BCUT2D eigenvalue weighted by Crippen LogP contribution is -2.23. The Morgan fingerprint density at radius 1 is 1.05 bits per heavy atom. The van der Waals surface area contributed by atoms with Crippen molar-refractivity contribution in [3.8, 4) is 5.75 Å². The molecule has 1 aliphatic heterocycles. The minimum absolute atomic E-state index is 0.148. The van der Waals surface area contributed by atoms with Crippen LogP contribution in [0.1, 0.15) is 22.9 Å². The van der Waals surface area contributed by atoms with Crippen LogP contribution in [0.5, 0.6) is 5.75 Å². The van der Waals surface area contributed by atoms with Gasteiger partial charge in [0, 0.05) is 24.2 Å². The third kappa shape index (κ3) is 1.90. The molecule has 0 spiro atoms. The van der Waals surface area contributed by atoms with E-state index >= 15 is 0 Å². The van der Waals surface area contributed by atoms with Crippen LogP contribution in [-0.4, -0.2) is 19.1 Å². The van der Waals surface area contributed by atoms with E-state index in [-0.39, 0.29) is 6.04 Å². The number of nitrogens with zero attached hydrogens (tertiary/aromatic N) is 1. The Morgan fingerprint density at radius 2 is 1.82 bits per heavy atom. The molecule has 0 saturated heterocycles. The normalized spacial score (nSPS) is 16.8. The summed E-state index contributed by atoms with van der Waals surface area (Å²) in [6, 6.07) is 16.6. The van der Waals surface area contributed by atoms with Crippen LogP contribution in [0.15, 0.2) is 59.1 Å². The molecule has 0 fully saturated rings. The summed E-state index contributed by atoms with van der Waals surface area (Å²) >= 11 is 0. The molecule has 0 radical (unpaired) electrons. The van der Waals surface area contributed by atoms with Gasteiger partial charge in [0.1, 0.15) is 17.1 Å². The van der Waals surface area contributed by atoms with Crippen LogP contribution in [0.2, 0.25) is 0 Å². The summed E-state index contributed by atoms with van der Waals surface area (Å²) in [5.74, 6) is 1.81. The molecule has 0 aliphatic carbocycles. The summed E-state index contributed by atoms with van der Waals surface area (Å²) in [5, 5.41) is 1.18. The van der Waals surface area contributed by atoms with E-state index in [1.54, 1.807) is 7.11 Å². The second-order valence-corrected chi connectivity index (χ2v) is 5.53. The second kappa shape index (κ2) is 4.95. The first-order chi connectivity index (χ1) is 10.8. The number of hydrogen-bond acceptors (Lipinski definition) is 3. The molecule has 4 rings (SSSR count). The Bertz CT molecular complexity index is 846. The lowest BCUT2D eigenvalue weighted by molar-refractivity contribution is 0.375. The van der Waals surface area contributed by atoms with Crippen LogP contribution >= 0.6 is 0 Å². The van der Waals surface area contributed by atoms with Crippen LogP contribution < -0.4 is 4.74 Å². The molecule has 1 atom stereocenters. The molecule has 0 N–H and O–H groups in total. The minimum atomic E-state index is 0.148. The van der Waals surface area contributed by atoms with E-state index in [9.17, 15) is 0 Å². The Kier molecular flexibility index (Phi) is 2.93. The van der Waals surface area contributed by atoms with Crippen LogP contribution in [0.3, 0.4) is 0 Å². The summed E-state index contributed by atoms with van der Waals surface area (Å²) in [7, 11) is 3.78. The third-order valence-corrected chi connectivity index (χ3v) is 4.24. The van der Waals surface area contributed by atoms with Crippen molar-refractivity contribution in [2.45, 2.75) is 6.04 Å². The molecule has 0 saturated carbocycles.